The van der Waals surface area contributed by atoms with Gasteiger partial charge in [0.05, 0.1) is 5.41 Å². The van der Waals surface area contributed by atoms with Crippen LogP contribution < -0.4 is 4.90 Å². The van der Waals surface area contributed by atoms with Crippen molar-refractivity contribution in [1.82, 2.24) is 0 Å². The predicted octanol–water partition coefficient (Wildman–Crippen LogP) is 13.1. The summed E-state index contributed by atoms with van der Waals surface area (Å²) in [5.74, 6) is 0. The van der Waals surface area contributed by atoms with Crippen LogP contribution in [0.5, 0.6) is 0 Å². The third-order valence-corrected chi connectivity index (χ3v) is 11.1. The lowest BCUT2D eigenvalue weighted by Gasteiger charge is -2.31. The van der Waals surface area contributed by atoms with Gasteiger partial charge in [-0.2, -0.15) is 0 Å². The Morgan fingerprint density at radius 3 is 1.55 bits per heavy atom. The Bertz CT molecular complexity index is 2760. The van der Waals surface area contributed by atoms with Crippen LogP contribution >= 0.6 is 0 Å². The highest BCUT2D eigenvalue weighted by Crippen LogP contribution is 2.63. The van der Waals surface area contributed by atoms with Gasteiger partial charge < -0.3 is 9.32 Å². The van der Waals surface area contributed by atoms with Crippen molar-refractivity contribution >= 4 is 39.0 Å². The maximum Gasteiger partial charge on any atom is 0.135 e. The van der Waals surface area contributed by atoms with Crippen LogP contribution in [0.15, 0.2) is 192 Å². The van der Waals surface area contributed by atoms with E-state index in [4.69, 9.17) is 4.42 Å². The van der Waals surface area contributed by atoms with Gasteiger partial charge in [0.2, 0.25) is 0 Å². The second-order valence-corrected chi connectivity index (χ2v) is 13.6. The van der Waals surface area contributed by atoms with Crippen molar-refractivity contribution in [2.24, 2.45) is 0 Å². The van der Waals surface area contributed by atoms with Gasteiger partial charge in [-0.3, -0.25) is 0 Å². The summed E-state index contributed by atoms with van der Waals surface area (Å²) < 4.78 is 6.10. The standard InChI is InChI=1S/C49H31NO/c1-2-12-34(13-3-1)50(35-25-22-32(23-26-35)33-24-29-48-42(30-33)40-17-7-11-21-47(40)51-48)36-27-28-46-41(31-36)39-16-6-10-20-45(39)49(46)43-18-8-4-14-37(43)38-15-5-9-19-44(38)49/h1-31H. The van der Waals surface area contributed by atoms with Gasteiger partial charge in [0, 0.05) is 27.8 Å². The van der Waals surface area contributed by atoms with Gasteiger partial charge in [0.15, 0.2) is 0 Å². The molecule has 8 aromatic carbocycles. The minimum Gasteiger partial charge on any atom is -0.456 e. The van der Waals surface area contributed by atoms with E-state index in [0.29, 0.717) is 0 Å². The quantitative estimate of drug-likeness (QED) is 0.189. The zero-order valence-corrected chi connectivity index (χ0v) is 27.8. The van der Waals surface area contributed by atoms with Gasteiger partial charge in [0.25, 0.3) is 0 Å². The molecule has 0 amide bonds. The topological polar surface area (TPSA) is 16.4 Å². The molecule has 0 unspecified atom stereocenters. The fourth-order valence-corrected chi connectivity index (χ4v) is 8.96. The summed E-state index contributed by atoms with van der Waals surface area (Å²) in [6.45, 7) is 0. The molecule has 0 atom stereocenters. The molecule has 0 bridgehead atoms. The van der Waals surface area contributed by atoms with E-state index in [1.165, 1.54) is 55.6 Å². The molecule has 1 heterocycles. The third-order valence-electron chi connectivity index (χ3n) is 11.1. The highest BCUT2D eigenvalue weighted by Gasteiger charge is 2.51. The summed E-state index contributed by atoms with van der Waals surface area (Å²) in [6.07, 6.45) is 0. The first kappa shape index (κ1) is 28.2. The fourth-order valence-electron chi connectivity index (χ4n) is 8.96. The van der Waals surface area contributed by atoms with E-state index in [0.717, 1.165) is 39.0 Å². The number of hydrogen-bond donors (Lipinski definition) is 0. The highest BCUT2D eigenvalue weighted by atomic mass is 16.3. The van der Waals surface area contributed by atoms with E-state index in [9.17, 15) is 0 Å². The van der Waals surface area contributed by atoms with Crippen molar-refractivity contribution < 1.29 is 4.42 Å². The maximum atomic E-state index is 6.10. The highest BCUT2D eigenvalue weighted by molar-refractivity contribution is 6.06. The number of rotatable bonds is 4. The molecule has 0 radical (unpaired) electrons. The number of benzene rings is 8. The van der Waals surface area contributed by atoms with E-state index in [1.54, 1.807) is 0 Å². The van der Waals surface area contributed by atoms with E-state index in [2.05, 4.69) is 181 Å². The number of furan rings is 1. The Morgan fingerprint density at radius 2 is 0.843 bits per heavy atom. The monoisotopic (exact) mass is 649 g/mol. The SMILES string of the molecule is c1ccc(N(c2ccc(-c3ccc4oc5ccccc5c4c3)cc2)c2ccc3c(c2)-c2ccccc2C32c3ccccc3-c3ccccc32)cc1. The van der Waals surface area contributed by atoms with Gasteiger partial charge in [0.1, 0.15) is 11.2 Å². The molecule has 0 fully saturated rings. The summed E-state index contributed by atoms with van der Waals surface area (Å²) in [7, 11) is 0. The molecule has 0 saturated heterocycles. The van der Waals surface area contributed by atoms with Crippen molar-refractivity contribution in [3.05, 3.63) is 210 Å². The van der Waals surface area contributed by atoms with Crippen molar-refractivity contribution in [3.8, 4) is 33.4 Å². The van der Waals surface area contributed by atoms with Gasteiger partial charge in [-0.25, -0.2) is 0 Å². The summed E-state index contributed by atoms with van der Waals surface area (Å²) in [5, 5.41) is 2.28. The van der Waals surface area contributed by atoms with Crippen LogP contribution in [-0.2, 0) is 5.41 Å². The van der Waals surface area contributed by atoms with Crippen molar-refractivity contribution in [2.75, 3.05) is 4.90 Å². The van der Waals surface area contributed by atoms with E-state index in [1.807, 2.05) is 12.1 Å². The molecule has 11 rings (SSSR count). The average molecular weight is 650 g/mol. The van der Waals surface area contributed by atoms with E-state index in [-0.39, 0.29) is 5.41 Å². The minimum absolute atomic E-state index is 0.349. The van der Waals surface area contributed by atoms with Crippen LogP contribution in [0.4, 0.5) is 17.1 Å². The van der Waals surface area contributed by atoms with Crippen LogP contribution in [0.3, 0.4) is 0 Å². The smallest absolute Gasteiger partial charge is 0.135 e. The first-order valence-electron chi connectivity index (χ1n) is 17.6. The Kier molecular flexibility index (Phi) is 5.91. The molecule has 238 valence electrons. The lowest BCUT2D eigenvalue weighted by Crippen LogP contribution is -2.25. The fraction of sp³-hybridized carbons (Fsp3) is 0.0204. The number of nitrogens with zero attached hydrogens (tertiary/aromatic N) is 1. The van der Waals surface area contributed by atoms with Crippen molar-refractivity contribution in [1.29, 1.82) is 0 Å². The minimum atomic E-state index is -0.349. The van der Waals surface area contributed by atoms with Gasteiger partial charge in [-0.1, -0.05) is 133 Å². The van der Waals surface area contributed by atoms with Gasteiger partial charge >= 0.3 is 0 Å². The zero-order chi connectivity index (χ0) is 33.5. The molecule has 1 aromatic heterocycles. The van der Waals surface area contributed by atoms with E-state index >= 15 is 0 Å². The van der Waals surface area contributed by atoms with Crippen molar-refractivity contribution in [3.63, 3.8) is 0 Å². The molecule has 0 N–H and O–H groups in total. The molecule has 1 spiro atoms. The normalized spacial score (nSPS) is 13.3. The lowest BCUT2D eigenvalue weighted by atomic mass is 9.70. The molecule has 51 heavy (non-hydrogen) atoms. The molecular weight excluding hydrogens is 619 g/mol. The average Bonchev–Trinajstić information content (AvgIpc) is 3.82. The van der Waals surface area contributed by atoms with Crippen molar-refractivity contribution in [2.45, 2.75) is 5.41 Å². The Hall–Kier alpha value is -6.64. The summed E-state index contributed by atoms with van der Waals surface area (Å²) in [5.41, 5.74) is 17.8. The molecule has 0 aliphatic heterocycles. The molecule has 2 nitrogen and oxygen atoms in total. The summed E-state index contributed by atoms with van der Waals surface area (Å²) >= 11 is 0. The van der Waals surface area contributed by atoms with Crippen LogP contribution in [0.1, 0.15) is 22.3 Å². The molecular formula is C49H31NO. The van der Waals surface area contributed by atoms with Crippen LogP contribution in [0.25, 0.3) is 55.3 Å². The molecule has 2 aliphatic carbocycles. The first-order chi connectivity index (χ1) is 25.3. The number of para-hydroxylation sites is 2. The van der Waals surface area contributed by atoms with E-state index < -0.39 is 0 Å². The maximum absolute atomic E-state index is 6.10. The van der Waals surface area contributed by atoms with Crippen LogP contribution in [0, 0.1) is 0 Å². The Balaban J connectivity index is 1.06. The number of fused-ring (bicyclic) bond motifs is 13. The first-order valence-corrected chi connectivity index (χ1v) is 17.6. The zero-order valence-electron chi connectivity index (χ0n) is 27.8. The van der Waals surface area contributed by atoms with Crippen LogP contribution in [-0.4, -0.2) is 0 Å². The summed E-state index contributed by atoms with van der Waals surface area (Å²) in [6, 6.07) is 68.5. The second-order valence-electron chi connectivity index (χ2n) is 13.6. The summed E-state index contributed by atoms with van der Waals surface area (Å²) in [4.78, 5) is 2.38. The largest absolute Gasteiger partial charge is 0.456 e. The molecule has 2 aliphatic rings. The second kappa shape index (κ2) is 10.7. The lowest BCUT2D eigenvalue weighted by molar-refractivity contribution is 0.669. The van der Waals surface area contributed by atoms with Crippen LogP contribution in [0.2, 0.25) is 0 Å². The molecule has 0 saturated carbocycles. The number of hydrogen-bond acceptors (Lipinski definition) is 2. The third kappa shape index (κ3) is 3.93. The predicted molar refractivity (Wildman–Crippen MR) is 210 cm³/mol. The molecule has 2 heteroatoms. The van der Waals surface area contributed by atoms with Gasteiger partial charge in [-0.15, -0.1) is 0 Å². The van der Waals surface area contributed by atoms with Gasteiger partial charge in [-0.05, 0) is 110 Å². The Labute approximate surface area is 296 Å². The Morgan fingerprint density at radius 1 is 0.333 bits per heavy atom. The molecule has 9 aromatic rings. The number of anilines is 3.